The zero-order valence-corrected chi connectivity index (χ0v) is 22.2. The Bertz CT molecular complexity index is 462. The molecule has 0 aliphatic carbocycles. The smallest absolute Gasteiger partial charge is 0.358 e. The van der Waals surface area contributed by atoms with Crippen LogP contribution in [0.2, 0.25) is 0 Å². The first-order valence-electron chi connectivity index (χ1n) is 10.6. The molecular weight excluding hydrogens is 453 g/mol. The van der Waals surface area contributed by atoms with E-state index >= 15 is 0 Å². The summed E-state index contributed by atoms with van der Waals surface area (Å²) in [6.45, 7) is 9.79. The van der Waals surface area contributed by atoms with Gasteiger partial charge in [0.25, 0.3) is 0 Å². The van der Waals surface area contributed by atoms with Gasteiger partial charge in [0.2, 0.25) is 0 Å². The molecular formula is C24H44P2Rh+3. The first kappa shape index (κ1) is 27.7. The Labute approximate surface area is 186 Å². The zero-order valence-electron chi connectivity index (χ0n) is 18.6. The monoisotopic (exact) mass is 497 g/mol. The minimum absolute atomic E-state index is 0. The van der Waals surface area contributed by atoms with E-state index in [1.165, 1.54) is 51.4 Å². The van der Waals surface area contributed by atoms with Crippen LogP contribution in [0.4, 0.5) is 0 Å². The van der Waals surface area contributed by atoms with Crippen LogP contribution in [0.25, 0.3) is 0 Å². The van der Waals surface area contributed by atoms with Crippen LogP contribution < -0.4 is 10.6 Å². The van der Waals surface area contributed by atoms with Gasteiger partial charge in [0.05, 0.1) is 22.6 Å². The van der Waals surface area contributed by atoms with Crippen molar-refractivity contribution in [2.45, 2.75) is 102 Å². The predicted molar refractivity (Wildman–Crippen MR) is 130 cm³/mol. The van der Waals surface area contributed by atoms with Gasteiger partial charge in [-0.2, -0.15) is 0 Å². The molecule has 0 N–H and O–H groups in total. The maximum absolute atomic E-state index is 2.58. The van der Waals surface area contributed by atoms with Crippen LogP contribution >= 0.6 is 15.8 Å². The second kappa shape index (κ2) is 13.1. The van der Waals surface area contributed by atoms with E-state index in [1.54, 1.807) is 0 Å². The predicted octanol–water partition coefficient (Wildman–Crippen LogP) is 6.97. The van der Waals surface area contributed by atoms with Crippen LogP contribution in [-0.4, -0.2) is 22.6 Å². The summed E-state index contributed by atoms with van der Waals surface area (Å²) in [5.41, 5.74) is 4.13. The second-order valence-electron chi connectivity index (χ2n) is 8.03. The summed E-state index contributed by atoms with van der Waals surface area (Å²) in [6, 6.07) is 9.87. The maximum Gasteiger partial charge on any atom is 3.00 e. The minimum atomic E-state index is -0.371. The van der Waals surface area contributed by atoms with Crippen molar-refractivity contribution < 1.29 is 19.5 Å². The largest absolute Gasteiger partial charge is 3.00 e. The Hall–Kier alpha value is 0.703. The number of rotatable bonds is 6. The zero-order chi connectivity index (χ0) is 17.1. The number of benzene rings is 1. The third-order valence-electron chi connectivity index (χ3n) is 7.01. The second-order valence-corrected chi connectivity index (χ2v) is 14.2. The van der Waals surface area contributed by atoms with Gasteiger partial charge in [-0.25, -0.2) is 0 Å². The van der Waals surface area contributed by atoms with Crippen molar-refractivity contribution in [1.29, 1.82) is 0 Å². The Morgan fingerprint density at radius 2 is 0.889 bits per heavy atom. The number of hydrogen-bond donors (Lipinski definition) is 0. The third kappa shape index (κ3) is 5.65. The van der Waals surface area contributed by atoms with Crippen LogP contribution in [-0.2, 0) is 19.5 Å². The first-order valence-corrected chi connectivity index (χ1v) is 13.9. The molecule has 0 aromatic heterocycles. The fraction of sp³-hybridized carbons (Fsp3) is 0.667. The van der Waals surface area contributed by atoms with E-state index in [0.717, 1.165) is 22.6 Å². The maximum atomic E-state index is 2.58. The molecule has 1 aromatic carbocycles. The summed E-state index contributed by atoms with van der Waals surface area (Å²) in [7, 11) is -0.743. The van der Waals surface area contributed by atoms with E-state index in [-0.39, 0.29) is 50.2 Å². The van der Waals surface area contributed by atoms with Gasteiger partial charge in [-0.3, -0.25) is 0 Å². The molecule has 2 aliphatic rings. The summed E-state index contributed by atoms with van der Waals surface area (Å²) < 4.78 is 0. The molecule has 3 heteroatoms. The molecule has 2 saturated heterocycles. The van der Waals surface area contributed by atoms with Gasteiger partial charge in [-0.1, -0.05) is 39.8 Å². The summed E-state index contributed by atoms with van der Waals surface area (Å²) in [5, 5.41) is 3.79. The van der Waals surface area contributed by atoms with Crippen molar-refractivity contribution in [3.63, 3.8) is 0 Å². The van der Waals surface area contributed by atoms with E-state index in [0.29, 0.717) is 0 Å². The molecule has 2 aliphatic heterocycles. The summed E-state index contributed by atoms with van der Waals surface area (Å²) in [6.07, 6.45) is 11.7. The molecule has 27 heavy (non-hydrogen) atoms. The van der Waals surface area contributed by atoms with Crippen LogP contribution in [0.15, 0.2) is 24.3 Å². The Morgan fingerprint density at radius 3 is 1.11 bits per heavy atom. The molecule has 0 radical (unpaired) electrons. The van der Waals surface area contributed by atoms with Crippen molar-refractivity contribution in [2.75, 3.05) is 0 Å². The molecule has 4 atom stereocenters. The third-order valence-corrected chi connectivity index (χ3v) is 15.7. The SMILES string of the molecule is CC[C@H]1CC[C@H](CC)[PH+]1c1ccccc1[PH+]1[C@@H](CC)CC[C@@H]1CC.[CH3-].[CH3-].[Rh+3]. The van der Waals surface area contributed by atoms with Gasteiger partial charge in [0.1, 0.15) is 10.6 Å². The molecule has 0 spiro atoms. The van der Waals surface area contributed by atoms with Crippen LogP contribution in [0.1, 0.15) is 79.1 Å². The molecule has 0 saturated carbocycles. The van der Waals surface area contributed by atoms with Crippen LogP contribution in [0, 0.1) is 14.9 Å². The fourth-order valence-electron chi connectivity index (χ4n) is 5.66. The average Bonchev–Trinajstić information content (AvgIpc) is 3.24. The molecule has 2 fully saturated rings. The van der Waals surface area contributed by atoms with Crippen LogP contribution in [0.5, 0.6) is 0 Å². The molecule has 0 nitrogen and oxygen atoms in total. The number of hydrogen-bond acceptors (Lipinski definition) is 0. The molecule has 0 unspecified atom stereocenters. The molecule has 0 bridgehead atoms. The minimum Gasteiger partial charge on any atom is -0.358 e. The van der Waals surface area contributed by atoms with Crippen molar-refractivity contribution in [1.82, 2.24) is 0 Å². The van der Waals surface area contributed by atoms with Gasteiger partial charge < -0.3 is 14.9 Å². The Morgan fingerprint density at radius 1 is 0.630 bits per heavy atom. The van der Waals surface area contributed by atoms with Gasteiger partial charge in [-0.05, 0) is 63.5 Å². The van der Waals surface area contributed by atoms with Crippen molar-refractivity contribution in [3.8, 4) is 0 Å². The first-order chi connectivity index (χ1) is 11.7. The summed E-state index contributed by atoms with van der Waals surface area (Å²) >= 11 is 0. The average molecular weight is 497 g/mol. The summed E-state index contributed by atoms with van der Waals surface area (Å²) in [4.78, 5) is 0. The van der Waals surface area contributed by atoms with Gasteiger partial charge >= 0.3 is 19.5 Å². The molecule has 156 valence electrons. The molecule has 0 amide bonds. The van der Waals surface area contributed by atoms with Crippen LogP contribution in [0.3, 0.4) is 0 Å². The van der Waals surface area contributed by atoms with E-state index in [1.807, 2.05) is 10.6 Å². The van der Waals surface area contributed by atoms with E-state index in [2.05, 4.69) is 52.0 Å². The van der Waals surface area contributed by atoms with Crippen molar-refractivity contribution >= 4 is 26.5 Å². The Kier molecular flexibility index (Phi) is 13.4. The van der Waals surface area contributed by atoms with E-state index in [4.69, 9.17) is 0 Å². The standard InChI is InChI=1S/C22H36P2.2CH3.Rh/c1-5-17-13-14-18(6-2)23(17)21-11-9-10-12-22(21)24-19(7-3)15-16-20(24)8-4;;;/h9-12,17-20H,5-8,13-16H2,1-4H3;2*1H3;/q;2*-1;+3/p+2/t17-,18-,19-,20-;;;/m0.../s1. The molecule has 1 aromatic rings. The fourth-order valence-corrected chi connectivity index (χ4v) is 14.7. The van der Waals surface area contributed by atoms with Gasteiger partial charge in [0, 0.05) is 15.8 Å². The van der Waals surface area contributed by atoms with E-state index < -0.39 is 0 Å². The topological polar surface area (TPSA) is 0 Å². The Balaban J connectivity index is 0.00000225. The van der Waals surface area contributed by atoms with E-state index in [9.17, 15) is 0 Å². The van der Waals surface area contributed by atoms with Crippen molar-refractivity contribution in [2.24, 2.45) is 0 Å². The molecule has 2 heterocycles. The normalized spacial score (nSPS) is 28.3. The quantitative estimate of drug-likeness (QED) is 0.226. The van der Waals surface area contributed by atoms with Gasteiger partial charge in [0.15, 0.2) is 0 Å². The molecule has 3 rings (SSSR count). The summed E-state index contributed by atoms with van der Waals surface area (Å²) in [5.74, 6) is 0. The van der Waals surface area contributed by atoms with Crippen molar-refractivity contribution in [3.05, 3.63) is 39.1 Å². The van der Waals surface area contributed by atoms with Gasteiger partial charge in [-0.15, -0.1) is 0 Å².